The molecule has 0 saturated heterocycles. The summed E-state index contributed by atoms with van der Waals surface area (Å²) in [4.78, 5) is 0.927. The van der Waals surface area contributed by atoms with Gasteiger partial charge in [-0.05, 0) is 23.5 Å². The maximum atomic E-state index is 12.0. The topological polar surface area (TPSA) is 72.2 Å². The molecular weight excluding hydrogens is 304 g/mol. The summed E-state index contributed by atoms with van der Waals surface area (Å²) >= 11 is 1.47. The largest absolute Gasteiger partial charge is 0.398 e. The fraction of sp³-hybridized carbons (Fsp3) is 0.600. The predicted molar refractivity (Wildman–Crippen MR) is 92.0 cm³/mol. The first-order valence-corrected chi connectivity index (χ1v) is 9.70. The van der Waals surface area contributed by atoms with Crippen LogP contribution in [0.5, 0.6) is 0 Å². The molecule has 0 bridgehead atoms. The Morgan fingerprint density at radius 1 is 1.29 bits per heavy atom. The molecule has 1 rings (SSSR count). The first kappa shape index (κ1) is 18.3. The van der Waals surface area contributed by atoms with Crippen molar-refractivity contribution in [3.63, 3.8) is 0 Å². The highest BCUT2D eigenvalue weighted by Crippen LogP contribution is 2.25. The van der Waals surface area contributed by atoms with Crippen molar-refractivity contribution in [1.82, 2.24) is 4.72 Å². The molecule has 1 aromatic carbocycles. The van der Waals surface area contributed by atoms with E-state index in [1.54, 1.807) is 0 Å². The van der Waals surface area contributed by atoms with Crippen LogP contribution in [0.3, 0.4) is 0 Å². The molecule has 0 amide bonds. The Morgan fingerprint density at radius 2 is 1.90 bits per heavy atom. The number of hydrogen-bond acceptors (Lipinski definition) is 4. The molecule has 0 aliphatic rings. The van der Waals surface area contributed by atoms with Crippen molar-refractivity contribution in [2.24, 2.45) is 11.3 Å². The van der Waals surface area contributed by atoms with Gasteiger partial charge in [0.05, 0.1) is 5.75 Å². The van der Waals surface area contributed by atoms with Gasteiger partial charge in [-0.1, -0.05) is 39.8 Å². The molecule has 0 aliphatic heterocycles. The predicted octanol–water partition coefficient (Wildman–Crippen LogP) is 2.96. The van der Waals surface area contributed by atoms with Crippen LogP contribution in [0.2, 0.25) is 0 Å². The number of para-hydroxylation sites is 1. The molecule has 0 spiro atoms. The molecule has 0 saturated carbocycles. The Labute approximate surface area is 132 Å². The molecule has 1 unspecified atom stereocenters. The molecule has 0 radical (unpaired) electrons. The molecule has 3 N–H and O–H groups in total. The Kier molecular flexibility index (Phi) is 6.56. The fourth-order valence-electron chi connectivity index (χ4n) is 1.50. The van der Waals surface area contributed by atoms with E-state index in [-0.39, 0.29) is 17.1 Å². The van der Waals surface area contributed by atoms with Gasteiger partial charge in [-0.3, -0.25) is 0 Å². The van der Waals surface area contributed by atoms with Gasteiger partial charge in [0.15, 0.2) is 0 Å². The van der Waals surface area contributed by atoms with Gasteiger partial charge < -0.3 is 5.73 Å². The second kappa shape index (κ2) is 7.51. The minimum absolute atomic E-state index is 0.0930. The minimum atomic E-state index is -3.23. The van der Waals surface area contributed by atoms with Crippen molar-refractivity contribution in [3.8, 4) is 0 Å². The average molecular weight is 331 g/mol. The quantitative estimate of drug-likeness (QED) is 0.595. The molecule has 0 heterocycles. The summed E-state index contributed by atoms with van der Waals surface area (Å²) in [6.07, 6.45) is 0. The summed E-state index contributed by atoms with van der Waals surface area (Å²) in [5, 5.41) is 0. The van der Waals surface area contributed by atoms with Crippen LogP contribution in [0.4, 0.5) is 5.69 Å². The minimum Gasteiger partial charge on any atom is -0.398 e. The number of hydrogen-bond donors (Lipinski definition) is 2. The highest BCUT2D eigenvalue weighted by molar-refractivity contribution is 8.00. The third-order valence-corrected chi connectivity index (χ3v) is 6.31. The summed E-state index contributed by atoms with van der Waals surface area (Å²) in [6.45, 7) is 8.87. The van der Waals surface area contributed by atoms with Crippen LogP contribution in [0, 0.1) is 11.3 Å². The van der Waals surface area contributed by atoms with E-state index in [1.165, 1.54) is 11.8 Å². The monoisotopic (exact) mass is 330 g/mol. The van der Waals surface area contributed by atoms with Crippen molar-refractivity contribution in [2.75, 3.05) is 23.8 Å². The van der Waals surface area contributed by atoms with Gasteiger partial charge in [-0.25, -0.2) is 13.1 Å². The molecule has 0 aliphatic carbocycles. The Morgan fingerprint density at radius 3 is 2.48 bits per heavy atom. The van der Waals surface area contributed by atoms with Crippen molar-refractivity contribution in [3.05, 3.63) is 24.3 Å². The molecule has 4 nitrogen and oxygen atoms in total. The standard InChI is InChI=1S/C15H26N2O2S2/c1-12(15(2,3)4)11-17-21(18,19)10-9-20-14-8-6-5-7-13(14)16/h5-8,12,17H,9-11,16H2,1-4H3. The lowest BCUT2D eigenvalue weighted by Crippen LogP contribution is -2.35. The summed E-state index contributed by atoms with van der Waals surface area (Å²) in [5.41, 5.74) is 6.61. The zero-order valence-electron chi connectivity index (χ0n) is 13.2. The van der Waals surface area contributed by atoms with Crippen molar-refractivity contribution in [1.29, 1.82) is 0 Å². The van der Waals surface area contributed by atoms with E-state index < -0.39 is 10.0 Å². The van der Waals surface area contributed by atoms with E-state index in [0.717, 1.165) is 4.90 Å². The fourth-order valence-corrected chi connectivity index (χ4v) is 3.99. The number of sulfonamides is 1. The Hall–Kier alpha value is -0.720. The number of anilines is 1. The van der Waals surface area contributed by atoms with Crippen LogP contribution >= 0.6 is 11.8 Å². The van der Waals surface area contributed by atoms with E-state index in [2.05, 4.69) is 32.4 Å². The van der Waals surface area contributed by atoms with Crippen LogP contribution in [-0.2, 0) is 10.0 Å². The van der Waals surface area contributed by atoms with Crippen LogP contribution in [0.25, 0.3) is 0 Å². The van der Waals surface area contributed by atoms with Gasteiger partial charge in [0, 0.05) is 22.9 Å². The van der Waals surface area contributed by atoms with E-state index >= 15 is 0 Å². The van der Waals surface area contributed by atoms with E-state index in [4.69, 9.17) is 5.73 Å². The van der Waals surface area contributed by atoms with Crippen LogP contribution in [0.15, 0.2) is 29.2 Å². The van der Waals surface area contributed by atoms with Gasteiger partial charge in [0.2, 0.25) is 10.0 Å². The summed E-state index contributed by atoms with van der Waals surface area (Å²) in [7, 11) is -3.23. The second-order valence-corrected chi connectivity index (χ2v) is 9.38. The first-order valence-electron chi connectivity index (χ1n) is 7.06. The third-order valence-electron chi connectivity index (χ3n) is 3.62. The SMILES string of the molecule is CC(CNS(=O)(=O)CCSc1ccccc1N)C(C)(C)C. The van der Waals surface area contributed by atoms with Crippen molar-refractivity contribution in [2.45, 2.75) is 32.6 Å². The molecule has 0 aromatic heterocycles. The summed E-state index contributed by atoms with van der Waals surface area (Å²) < 4.78 is 26.7. The van der Waals surface area contributed by atoms with Gasteiger partial charge in [0.1, 0.15) is 0 Å². The van der Waals surface area contributed by atoms with E-state index in [9.17, 15) is 8.42 Å². The van der Waals surface area contributed by atoms with E-state index in [1.807, 2.05) is 24.3 Å². The number of nitrogens with one attached hydrogen (secondary N) is 1. The zero-order valence-corrected chi connectivity index (χ0v) is 14.9. The lowest BCUT2D eigenvalue weighted by Gasteiger charge is -2.27. The number of nitrogens with two attached hydrogens (primary N) is 1. The smallest absolute Gasteiger partial charge is 0.212 e. The van der Waals surface area contributed by atoms with Crippen LogP contribution in [-0.4, -0.2) is 26.5 Å². The lowest BCUT2D eigenvalue weighted by molar-refractivity contribution is 0.263. The van der Waals surface area contributed by atoms with E-state index in [0.29, 0.717) is 18.0 Å². The maximum Gasteiger partial charge on any atom is 0.212 e. The number of thioether (sulfide) groups is 1. The lowest BCUT2D eigenvalue weighted by atomic mass is 9.82. The van der Waals surface area contributed by atoms with Crippen molar-refractivity contribution < 1.29 is 8.42 Å². The third kappa shape index (κ3) is 6.72. The molecule has 6 heteroatoms. The van der Waals surface area contributed by atoms with Gasteiger partial charge in [0.25, 0.3) is 0 Å². The number of rotatable bonds is 7. The molecule has 120 valence electrons. The Bertz CT molecular complexity index is 551. The highest BCUT2D eigenvalue weighted by Gasteiger charge is 2.21. The molecule has 0 fully saturated rings. The maximum absolute atomic E-state index is 12.0. The highest BCUT2D eigenvalue weighted by atomic mass is 32.2. The summed E-state index contributed by atoms with van der Waals surface area (Å²) in [6, 6.07) is 7.49. The summed E-state index contributed by atoms with van der Waals surface area (Å²) in [5.74, 6) is 0.876. The zero-order chi connectivity index (χ0) is 16.1. The number of nitrogen functional groups attached to an aromatic ring is 1. The molecule has 1 atom stereocenters. The molecular formula is C15H26N2O2S2. The van der Waals surface area contributed by atoms with Gasteiger partial charge >= 0.3 is 0 Å². The Balaban J connectivity index is 2.42. The molecule has 1 aromatic rings. The van der Waals surface area contributed by atoms with Gasteiger partial charge in [-0.2, -0.15) is 0 Å². The van der Waals surface area contributed by atoms with Gasteiger partial charge in [-0.15, -0.1) is 11.8 Å². The second-order valence-electron chi connectivity index (χ2n) is 6.32. The molecule has 21 heavy (non-hydrogen) atoms. The normalized spacial score (nSPS) is 14.1. The van der Waals surface area contributed by atoms with Crippen LogP contribution in [0.1, 0.15) is 27.7 Å². The first-order chi connectivity index (χ1) is 9.62. The van der Waals surface area contributed by atoms with Crippen LogP contribution < -0.4 is 10.5 Å². The average Bonchev–Trinajstić information content (AvgIpc) is 2.37. The number of benzene rings is 1. The van der Waals surface area contributed by atoms with Crippen molar-refractivity contribution >= 4 is 27.5 Å².